The molecule has 2 bridgehead atoms. The fraction of sp³-hybridized carbons (Fsp3) is 0.308. The Hall–Kier alpha value is -3.43. The highest BCUT2D eigenvalue weighted by molar-refractivity contribution is 7.22. The monoisotopic (exact) mass is 524 g/mol. The number of urea groups is 1. The molecule has 0 spiro atoms. The third kappa shape index (κ3) is 4.68. The average Bonchev–Trinajstić information content (AvgIpc) is 3.55. The standard InChI is InChI=1S/C26H25ClN4O4S/c1-3-35-24(33)20-14-7-8-15(11-14)22(20)30-25(34)31-26-28-18-10-9-16(12-19(18)36-26)23(32)29-21-13(2)5-4-6-17(21)27/h4-10,12,14-15,20,22H,3,11H2,1-2H3,(H,29,32)(H2,28,30,31,34). The highest BCUT2D eigenvalue weighted by atomic mass is 35.5. The van der Waals surface area contributed by atoms with Crippen LogP contribution >= 0.6 is 22.9 Å². The Kier molecular flexibility index (Phi) is 6.68. The summed E-state index contributed by atoms with van der Waals surface area (Å²) < 4.78 is 5.99. The van der Waals surface area contributed by atoms with Gasteiger partial charge in [0.25, 0.3) is 5.91 Å². The summed E-state index contributed by atoms with van der Waals surface area (Å²) in [5.74, 6) is -0.765. The van der Waals surface area contributed by atoms with Crippen LogP contribution < -0.4 is 16.0 Å². The van der Waals surface area contributed by atoms with Crippen molar-refractivity contribution in [1.29, 1.82) is 0 Å². The van der Waals surface area contributed by atoms with Crippen LogP contribution in [-0.2, 0) is 9.53 Å². The number of carbonyl (C=O) groups excluding carboxylic acids is 3. The van der Waals surface area contributed by atoms with Gasteiger partial charge in [0.05, 0.1) is 39.5 Å². The summed E-state index contributed by atoms with van der Waals surface area (Å²) in [4.78, 5) is 42.5. The number of nitrogens with one attached hydrogen (secondary N) is 3. The fourth-order valence-corrected chi connectivity index (χ4v) is 6.13. The number of carbonyl (C=O) groups is 3. The van der Waals surface area contributed by atoms with Crippen LogP contribution in [0.1, 0.15) is 29.3 Å². The minimum Gasteiger partial charge on any atom is -0.466 e. The molecule has 0 radical (unpaired) electrons. The van der Waals surface area contributed by atoms with Crippen molar-refractivity contribution in [3.05, 3.63) is 64.7 Å². The maximum absolute atomic E-state index is 12.8. The number of aryl methyl sites for hydroxylation is 1. The summed E-state index contributed by atoms with van der Waals surface area (Å²) in [5, 5.41) is 9.45. The first-order chi connectivity index (χ1) is 17.3. The van der Waals surface area contributed by atoms with Crippen molar-refractivity contribution in [2.75, 3.05) is 17.2 Å². The van der Waals surface area contributed by atoms with E-state index < -0.39 is 6.03 Å². The van der Waals surface area contributed by atoms with Gasteiger partial charge in [-0.25, -0.2) is 9.78 Å². The van der Waals surface area contributed by atoms with Crippen molar-refractivity contribution in [3.63, 3.8) is 0 Å². The van der Waals surface area contributed by atoms with Gasteiger partial charge >= 0.3 is 12.0 Å². The zero-order valence-electron chi connectivity index (χ0n) is 19.7. The predicted molar refractivity (Wildman–Crippen MR) is 141 cm³/mol. The number of halogens is 1. The van der Waals surface area contributed by atoms with Crippen molar-refractivity contribution in [3.8, 4) is 0 Å². The van der Waals surface area contributed by atoms with Crippen LogP contribution in [0, 0.1) is 24.7 Å². The predicted octanol–water partition coefficient (Wildman–Crippen LogP) is 5.39. The SMILES string of the molecule is CCOC(=O)C1C2C=CC(C2)C1NC(=O)Nc1nc2ccc(C(=O)Nc3c(C)cccc3Cl)cc2s1. The topological polar surface area (TPSA) is 109 Å². The highest BCUT2D eigenvalue weighted by Crippen LogP contribution is 2.44. The lowest BCUT2D eigenvalue weighted by Gasteiger charge is -2.27. The lowest BCUT2D eigenvalue weighted by atomic mass is 9.89. The number of para-hydroxylation sites is 1. The van der Waals surface area contributed by atoms with Gasteiger partial charge in [-0.15, -0.1) is 0 Å². The minimum atomic E-state index is -0.429. The van der Waals surface area contributed by atoms with Crippen molar-refractivity contribution < 1.29 is 19.1 Å². The largest absolute Gasteiger partial charge is 0.466 e. The first-order valence-corrected chi connectivity index (χ1v) is 12.9. The zero-order valence-corrected chi connectivity index (χ0v) is 21.3. The molecule has 2 aliphatic carbocycles. The zero-order chi connectivity index (χ0) is 25.4. The quantitative estimate of drug-likeness (QED) is 0.296. The van der Waals surface area contributed by atoms with E-state index in [9.17, 15) is 14.4 Å². The Bertz CT molecular complexity index is 1370. The molecule has 2 aromatic carbocycles. The number of fused-ring (bicyclic) bond motifs is 3. The third-order valence-electron chi connectivity index (χ3n) is 6.65. The summed E-state index contributed by atoms with van der Waals surface area (Å²) in [6.45, 7) is 3.95. The Balaban J connectivity index is 1.27. The Labute approximate surface area is 217 Å². The van der Waals surface area contributed by atoms with Crippen molar-refractivity contribution in [2.45, 2.75) is 26.3 Å². The molecule has 0 saturated heterocycles. The third-order valence-corrected chi connectivity index (χ3v) is 7.90. The second-order valence-corrected chi connectivity index (χ2v) is 10.4. The Morgan fingerprint density at radius 2 is 1.94 bits per heavy atom. The van der Waals surface area contributed by atoms with E-state index in [0.29, 0.717) is 33.5 Å². The van der Waals surface area contributed by atoms with Gasteiger partial charge in [0, 0.05) is 5.56 Å². The maximum atomic E-state index is 12.8. The molecule has 3 amide bonds. The van der Waals surface area contributed by atoms with Gasteiger partial charge in [-0.2, -0.15) is 0 Å². The van der Waals surface area contributed by atoms with Gasteiger partial charge in [0.2, 0.25) is 0 Å². The van der Waals surface area contributed by atoms with Crippen LogP contribution in [0.5, 0.6) is 0 Å². The molecule has 3 N–H and O–H groups in total. The first-order valence-electron chi connectivity index (χ1n) is 11.7. The summed E-state index contributed by atoms with van der Waals surface area (Å²) in [7, 11) is 0. The van der Waals surface area contributed by atoms with Gasteiger partial charge in [-0.05, 0) is 61.9 Å². The molecule has 36 heavy (non-hydrogen) atoms. The highest BCUT2D eigenvalue weighted by Gasteiger charge is 2.49. The average molecular weight is 525 g/mol. The molecule has 1 aromatic heterocycles. The second kappa shape index (κ2) is 9.91. The van der Waals surface area contributed by atoms with Gasteiger partial charge in [-0.1, -0.05) is 47.2 Å². The molecule has 3 aromatic rings. The molecule has 0 aliphatic heterocycles. The maximum Gasteiger partial charge on any atom is 0.321 e. The van der Waals surface area contributed by atoms with Crippen LogP contribution in [0.15, 0.2) is 48.6 Å². The number of allylic oxidation sites excluding steroid dienone is 1. The van der Waals surface area contributed by atoms with Crippen LogP contribution in [0.4, 0.5) is 15.6 Å². The summed E-state index contributed by atoms with van der Waals surface area (Å²) in [5.41, 5.74) is 2.55. The Morgan fingerprint density at radius 3 is 2.72 bits per heavy atom. The van der Waals surface area contributed by atoms with E-state index in [0.717, 1.165) is 16.7 Å². The van der Waals surface area contributed by atoms with E-state index in [4.69, 9.17) is 16.3 Å². The normalized spacial score (nSPS) is 22.0. The number of hydrogen-bond donors (Lipinski definition) is 3. The van der Waals surface area contributed by atoms with E-state index in [2.05, 4.69) is 27.0 Å². The van der Waals surface area contributed by atoms with Crippen molar-refractivity contribution >= 4 is 61.9 Å². The molecule has 4 unspecified atom stereocenters. The molecule has 1 saturated carbocycles. The summed E-state index contributed by atoms with van der Waals surface area (Å²) in [6.07, 6.45) is 4.92. The molecule has 10 heteroatoms. The molecule has 1 fully saturated rings. The van der Waals surface area contributed by atoms with Gasteiger partial charge in [0.15, 0.2) is 5.13 Å². The first kappa shape index (κ1) is 24.3. The van der Waals surface area contributed by atoms with Gasteiger partial charge in [0.1, 0.15) is 0 Å². The number of aromatic nitrogens is 1. The number of ether oxygens (including phenoxy) is 1. The summed E-state index contributed by atoms with van der Waals surface area (Å²) >= 11 is 7.50. The van der Waals surface area contributed by atoms with Gasteiger partial charge in [-0.3, -0.25) is 14.9 Å². The number of anilines is 2. The number of amides is 3. The van der Waals surface area contributed by atoms with Crippen molar-refractivity contribution in [2.24, 2.45) is 17.8 Å². The lowest BCUT2D eigenvalue weighted by molar-refractivity contribution is -0.149. The molecule has 5 rings (SSSR count). The smallest absolute Gasteiger partial charge is 0.321 e. The lowest BCUT2D eigenvalue weighted by Crippen LogP contribution is -2.47. The van der Waals surface area contributed by atoms with Crippen LogP contribution in [-0.4, -0.2) is 35.5 Å². The molecular formula is C26H25ClN4O4S. The number of thiazole rings is 1. The van der Waals surface area contributed by atoms with E-state index in [1.165, 1.54) is 11.3 Å². The van der Waals surface area contributed by atoms with E-state index in [1.807, 2.05) is 25.1 Å². The van der Waals surface area contributed by atoms with Gasteiger partial charge < -0.3 is 15.4 Å². The number of benzene rings is 2. The van der Waals surface area contributed by atoms with Crippen LogP contribution in [0.3, 0.4) is 0 Å². The second-order valence-electron chi connectivity index (χ2n) is 8.94. The van der Waals surface area contributed by atoms with E-state index in [1.54, 1.807) is 31.2 Å². The summed E-state index contributed by atoms with van der Waals surface area (Å²) in [6, 6.07) is 9.82. The van der Waals surface area contributed by atoms with E-state index in [-0.39, 0.29) is 35.7 Å². The van der Waals surface area contributed by atoms with Crippen LogP contribution in [0.2, 0.25) is 5.02 Å². The minimum absolute atomic E-state index is 0.0842. The molecule has 186 valence electrons. The number of nitrogens with zero attached hydrogens (tertiary/aromatic N) is 1. The molecule has 8 nitrogen and oxygen atoms in total. The molecule has 4 atom stereocenters. The number of esters is 1. The molecule has 1 heterocycles. The van der Waals surface area contributed by atoms with Crippen molar-refractivity contribution in [1.82, 2.24) is 10.3 Å². The number of hydrogen-bond acceptors (Lipinski definition) is 6. The molecule has 2 aliphatic rings. The number of rotatable bonds is 6. The van der Waals surface area contributed by atoms with E-state index >= 15 is 0 Å². The molecular weight excluding hydrogens is 500 g/mol. The fourth-order valence-electron chi connectivity index (χ4n) is 4.96. The van der Waals surface area contributed by atoms with Crippen LogP contribution in [0.25, 0.3) is 10.2 Å². The Morgan fingerprint density at radius 1 is 1.14 bits per heavy atom.